The minimum atomic E-state index is -1.24. The van der Waals surface area contributed by atoms with Crippen molar-refractivity contribution >= 4 is 30.8 Å². The van der Waals surface area contributed by atoms with E-state index in [0.717, 1.165) is 6.54 Å². The molecule has 0 aliphatic carbocycles. The number of nitrogens with two attached hydrogens (primary N) is 1. The number of likely N-dealkylation sites (tertiary alicyclic amines) is 1. The van der Waals surface area contributed by atoms with Crippen LogP contribution in [0.1, 0.15) is 18.4 Å². The third-order valence-electron chi connectivity index (χ3n) is 3.94. The summed E-state index contributed by atoms with van der Waals surface area (Å²) in [6, 6.07) is 4.11. The van der Waals surface area contributed by atoms with E-state index in [9.17, 15) is 14.3 Å². The fraction of sp³-hybridized carbons (Fsp3) is 0.533. The second-order valence-corrected chi connectivity index (χ2v) is 5.44. The molecule has 0 bridgehead atoms. The monoisotopic (exact) mass is 368 g/mol. The number of hydrogen-bond acceptors (Lipinski definition) is 4. The first kappa shape index (κ1) is 21.9. The van der Waals surface area contributed by atoms with Gasteiger partial charge in [-0.15, -0.1) is 24.8 Å². The van der Waals surface area contributed by atoms with Crippen molar-refractivity contribution in [2.45, 2.75) is 25.4 Å². The topological polar surface area (TPSA) is 75.8 Å². The number of aryl methyl sites for hydroxylation is 1. The Balaban J connectivity index is 0.00000242. The maximum absolute atomic E-state index is 13.1. The number of carbonyl (C=O) groups is 1. The second kappa shape index (κ2) is 9.27. The second-order valence-electron chi connectivity index (χ2n) is 5.44. The molecule has 0 amide bonds. The van der Waals surface area contributed by atoms with Gasteiger partial charge in [-0.1, -0.05) is 0 Å². The van der Waals surface area contributed by atoms with Gasteiger partial charge >= 0.3 is 5.97 Å². The van der Waals surface area contributed by atoms with Crippen LogP contribution in [-0.2, 0) is 4.79 Å². The van der Waals surface area contributed by atoms with Crippen molar-refractivity contribution in [2.75, 3.05) is 26.2 Å². The number of nitrogens with zero attached hydrogens (tertiary/aromatic N) is 1. The highest BCUT2D eigenvalue weighted by Gasteiger charge is 2.44. The summed E-state index contributed by atoms with van der Waals surface area (Å²) in [7, 11) is 0. The first-order valence-electron chi connectivity index (χ1n) is 7.08. The molecule has 0 spiro atoms. The van der Waals surface area contributed by atoms with Crippen molar-refractivity contribution in [3.63, 3.8) is 0 Å². The van der Waals surface area contributed by atoms with Crippen molar-refractivity contribution < 1.29 is 19.0 Å². The van der Waals surface area contributed by atoms with Crippen molar-refractivity contribution in [2.24, 2.45) is 5.73 Å². The highest BCUT2D eigenvalue weighted by Crippen LogP contribution is 2.31. The third-order valence-corrected chi connectivity index (χ3v) is 3.94. The summed E-state index contributed by atoms with van der Waals surface area (Å²) in [5.74, 6) is -0.910. The number of rotatable bonds is 5. The number of aliphatic carboxylic acids is 1. The van der Waals surface area contributed by atoms with E-state index in [1.807, 2.05) is 0 Å². The molecule has 2 rings (SSSR count). The fourth-order valence-electron chi connectivity index (χ4n) is 2.62. The van der Waals surface area contributed by atoms with Crippen LogP contribution in [0.25, 0.3) is 0 Å². The maximum Gasteiger partial charge on any atom is 0.348 e. The summed E-state index contributed by atoms with van der Waals surface area (Å²) < 4.78 is 18.9. The molecule has 1 fully saturated rings. The van der Waals surface area contributed by atoms with Gasteiger partial charge in [0.2, 0.25) is 5.60 Å². The lowest BCUT2D eigenvalue weighted by atomic mass is 9.91. The van der Waals surface area contributed by atoms with Gasteiger partial charge in [0.05, 0.1) is 0 Å². The van der Waals surface area contributed by atoms with E-state index >= 15 is 0 Å². The molecule has 1 heterocycles. The Kier molecular flexibility index (Phi) is 8.84. The lowest BCUT2D eigenvalue weighted by Gasteiger charge is -2.39. The summed E-state index contributed by atoms with van der Waals surface area (Å²) in [4.78, 5) is 13.8. The average molecular weight is 369 g/mol. The molecular weight excluding hydrogens is 346 g/mol. The molecule has 0 aromatic heterocycles. The minimum absolute atomic E-state index is 0. The van der Waals surface area contributed by atoms with Crippen LogP contribution in [-0.4, -0.2) is 47.8 Å². The highest BCUT2D eigenvalue weighted by atomic mass is 35.5. The number of hydrogen-bond donors (Lipinski definition) is 2. The van der Waals surface area contributed by atoms with E-state index in [1.165, 1.54) is 18.2 Å². The average Bonchev–Trinajstić information content (AvgIpc) is 2.44. The lowest BCUT2D eigenvalue weighted by Crippen LogP contribution is -2.53. The molecule has 1 aliphatic heterocycles. The molecular formula is C15H23Cl2FN2O3. The quantitative estimate of drug-likeness (QED) is 0.833. The molecule has 132 valence electrons. The summed E-state index contributed by atoms with van der Waals surface area (Å²) in [6.45, 7) is 4.27. The van der Waals surface area contributed by atoms with Crippen molar-refractivity contribution in [3.05, 3.63) is 29.6 Å². The van der Waals surface area contributed by atoms with Gasteiger partial charge in [0.15, 0.2) is 0 Å². The van der Waals surface area contributed by atoms with Crippen LogP contribution in [0.5, 0.6) is 5.75 Å². The van der Waals surface area contributed by atoms with Gasteiger partial charge in [0.1, 0.15) is 11.6 Å². The summed E-state index contributed by atoms with van der Waals surface area (Å²) in [5, 5.41) is 9.57. The van der Waals surface area contributed by atoms with Gasteiger partial charge < -0.3 is 20.5 Å². The predicted octanol–water partition coefficient (Wildman–Crippen LogP) is 2.23. The molecule has 1 aromatic carbocycles. The maximum atomic E-state index is 13.1. The van der Waals surface area contributed by atoms with E-state index in [-0.39, 0.29) is 30.6 Å². The zero-order valence-electron chi connectivity index (χ0n) is 13.0. The number of carboxylic acid groups (broad SMARTS) is 1. The van der Waals surface area contributed by atoms with E-state index < -0.39 is 11.6 Å². The van der Waals surface area contributed by atoms with Crippen LogP contribution >= 0.6 is 24.8 Å². The summed E-state index contributed by atoms with van der Waals surface area (Å²) in [6.07, 6.45) is 0.776. The minimum Gasteiger partial charge on any atom is -0.478 e. The van der Waals surface area contributed by atoms with Crippen molar-refractivity contribution in [1.82, 2.24) is 4.90 Å². The Morgan fingerprint density at radius 2 is 2.00 bits per heavy atom. The number of piperidine rings is 1. The Hall–Kier alpha value is -1.08. The number of ether oxygens (including phenoxy) is 1. The van der Waals surface area contributed by atoms with Crippen molar-refractivity contribution in [1.29, 1.82) is 0 Å². The number of carboxylic acids is 1. The third kappa shape index (κ3) is 5.21. The molecule has 5 nitrogen and oxygen atoms in total. The molecule has 1 aliphatic rings. The smallest absolute Gasteiger partial charge is 0.348 e. The number of halogens is 3. The SMILES string of the molecule is Cc1cc(F)ccc1OC1(C(=O)O)CCN(CCN)CC1.Cl.Cl. The van der Waals surface area contributed by atoms with Crippen molar-refractivity contribution in [3.8, 4) is 5.75 Å². The van der Waals surface area contributed by atoms with E-state index in [2.05, 4.69) is 4.90 Å². The van der Waals surface area contributed by atoms with Gasteiger partial charge in [-0.2, -0.15) is 0 Å². The van der Waals surface area contributed by atoms with Gasteiger partial charge in [-0.3, -0.25) is 0 Å². The first-order valence-corrected chi connectivity index (χ1v) is 7.08. The van der Waals surface area contributed by atoms with E-state index in [0.29, 0.717) is 43.8 Å². The standard InChI is InChI=1S/C15H21FN2O3.2ClH/c1-11-10-12(16)2-3-13(11)21-15(14(19)20)4-7-18(8-5-15)9-6-17;;/h2-3,10H,4-9,17H2,1H3,(H,19,20);2*1H. The van der Waals surface area contributed by atoms with Crippen LogP contribution in [0, 0.1) is 12.7 Å². The molecule has 23 heavy (non-hydrogen) atoms. The molecule has 0 radical (unpaired) electrons. The zero-order valence-corrected chi connectivity index (χ0v) is 14.6. The van der Waals surface area contributed by atoms with Gasteiger partial charge in [-0.05, 0) is 30.7 Å². The van der Waals surface area contributed by atoms with Gasteiger partial charge in [-0.25, -0.2) is 9.18 Å². The molecule has 8 heteroatoms. The Labute approximate surface area is 147 Å². The predicted molar refractivity (Wildman–Crippen MR) is 91.4 cm³/mol. The fourth-order valence-corrected chi connectivity index (χ4v) is 2.62. The molecule has 0 unspecified atom stereocenters. The Morgan fingerprint density at radius 1 is 1.39 bits per heavy atom. The van der Waals surface area contributed by atoms with Crippen LogP contribution in [0.4, 0.5) is 4.39 Å². The summed E-state index contributed by atoms with van der Waals surface area (Å²) in [5.41, 5.74) is 4.87. The molecule has 0 atom stereocenters. The summed E-state index contributed by atoms with van der Waals surface area (Å²) >= 11 is 0. The zero-order chi connectivity index (χ0) is 15.5. The molecule has 1 aromatic rings. The van der Waals surface area contributed by atoms with Crippen LogP contribution in [0.15, 0.2) is 18.2 Å². The highest BCUT2D eigenvalue weighted by molar-refractivity contribution is 5.85. The van der Waals surface area contributed by atoms with Gasteiger partial charge in [0.25, 0.3) is 0 Å². The van der Waals surface area contributed by atoms with Crippen LogP contribution in [0.2, 0.25) is 0 Å². The van der Waals surface area contributed by atoms with Crippen LogP contribution in [0.3, 0.4) is 0 Å². The molecule has 3 N–H and O–H groups in total. The lowest BCUT2D eigenvalue weighted by molar-refractivity contribution is -0.159. The molecule has 0 saturated carbocycles. The van der Waals surface area contributed by atoms with E-state index in [4.69, 9.17) is 10.5 Å². The Morgan fingerprint density at radius 3 is 2.48 bits per heavy atom. The molecule has 1 saturated heterocycles. The van der Waals surface area contributed by atoms with Crippen LogP contribution < -0.4 is 10.5 Å². The first-order chi connectivity index (χ1) is 9.97. The van der Waals surface area contributed by atoms with E-state index in [1.54, 1.807) is 6.92 Å². The normalized spacial score (nSPS) is 16.8. The Bertz CT molecular complexity index is 523. The number of benzene rings is 1. The van der Waals surface area contributed by atoms with Gasteiger partial charge in [0, 0.05) is 39.0 Å². The largest absolute Gasteiger partial charge is 0.478 e.